The van der Waals surface area contributed by atoms with Gasteiger partial charge in [0.25, 0.3) is 0 Å². The summed E-state index contributed by atoms with van der Waals surface area (Å²) in [5, 5.41) is 0. The first-order valence-corrected chi connectivity index (χ1v) is 10.8. The largest absolute Gasteiger partial charge is 0.465 e. The number of fused-ring (bicyclic) bond motifs is 5. The number of para-hydroxylation sites is 1. The Hall–Kier alpha value is -3.15. The summed E-state index contributed by atoms with van der Waals surface area (Å²) < 4.78 is 11.1. The van der Waals surface area contributed by atoms with Crippen LogP contribution in [0.5, 0.6) is 0 Å². The molecule has 2 aromatic carbocycles. The first-order valence-electron chi connectivity index (χ1n) is 10.8. The highest BCUT2D eigenvalue weighted by molar-refractivity contribution is 6.04. The molecule has 0 aromatic heterocycles. The van der Waals surface area contributed by atoms with Gasteiger partial charge in [0.05, 0.1) is 19.3 Å². The average molecular weight is 421 g/mol. The first kappa shape index (κ1) is 21.1. The fourth-order valence-electron chi connectivity index (χ4n) is 5.30. The lowest BCUT2D eigenvalue weighted by atomic mass is 9.59. The summed E-state index contributed by atoms with van der Waals surface area (Å²) in [4.78, 5) is 41.4. The highest BCUT2D eigenvalue weighted by Crippen LogP contribution is 2.59. The molecule has 0 aliphatic carbocycles. The Bertz CT molecular complexity index is 983. The van der Waals surface area contributed by atoms with Crippen molar-refractivity contribution in [1.82, 2.24) is 0 Å². The van der Waals surface area contributed by atoms with Gasteiger partial charge in [-0.15, -0.1) is 0 Å². The van der Waals surface area contributed by atoms with Crippen molar-refractivity contribution in [2.45, 2.75) is 38.6 Å². The molecule has 0 radical (unpaired) electrons. The summed E-state index contributed by atoms with van der Waals surface area (Å²) >= 11 is 0. The van der Waals surface area contributed by atoms with Crippen LogP contribution in [0.2, 0.25) is 0 Å². The first-order chi connectivity index (χ1) is 15.1. The Balaban J connectivity index is 2.08. The predicted octanol–water partition coefficient (Wildman–Crippen LogP) is 3.59. The summed E-state index contributed by atoms with van der Waals surface area (Å²) in [7, 11) is 0. The van der Waals surface area contributed by atoms with Gasteiger partial charge in [-0.05, 0) is 43.0 Å². The second-order valence-corrected chi connectivity index (χ2v) is 7.87. The topological polar surface area (TPSA) is 72.9 Å². The van der Waals surface area contributed by atoms with Crippen molar-refractivity contribution in [2.75, 3.05) is 24.7 Å². The van der Waals surface area contributed by atoms with E-state index in [0.29, 0.717) is 6.54 Å². The fourth-order valence-corrected chi connectivity index (χ4v) is 5.30. The molecule has 4 rings (SSSR count). The summed E-state index contributed by atoms with van der Waals surface area (Å²) in [5.41, 5.74) is 2.05. The number of hydrogen-bond acceptors (Lipinski definition) is 6. The predicted molar refractivity (Wildman–Crippen MR) is 116 cm³/mol. The summed E-state index contributed by atoms with van der Waals surface area (Å²) in [6, 6.07) is 15.0. The number of esters is 2. The van der Waals surface area contributed by atoms with Crippen LogP contribution in [0, 0.1) is 5.41 Å². The highest BCUT2D eigenvalue weighted by atomic mass is 16.6. The molecule has 0 amide bonds. The van der Waals surface area contributed by atoms with Crippen LogP contribution >= 0.6 is 0 Å². The smallest absolute Gasteiger partial charge is 0.326 e. The van der Waals surface area contributed by atoms with Gasteiger partial charge in [-0.1, -0.05) is 42.5 Å². The summed E-state index contributed by atoms with van der Waals surface area (Å²) in [6.07, 6.45) is 1.58. The van der Waals surface area contributed by atoms with E-state index in [1.807, 2.05) is 48.5 Å². The van der Waals surface area contributed by atoms with Crippen LogP contribution in [0.25, 0.3) is 0 Å². The van der Waals surface area contributed by atoms with E-state index >= 15 is 0 Å². The second-order valence-electron chi connectivity index (χ2n) is 7.87. The Morgan fingerprint density at radius 1 is 1.00 bits per heavy atom. The zero-order valence-electron chi connectivity index (χ0n) is 17.9. The number of ether oxygens (including phenoxy) is 2. The van der Waals surface area contributed by atoms with E-state index in [-0.39, 0.29) is 19.6 Å². The molecular formula is C25H27NO5. The number of carbonyl (C=O) groups is 3. The maximum atomic E-state index is 13.7. The molecule has 2 aliphatic heterocycles. The van der Waals surface area contributed by atoms with Gasteiger partial charge < -0.3 is 19.2 Å². The van der Waals surface area contributed by atoms with Crippen LogP contribution in [0.1, 0.15) is 48.9 Å². The molecule has 0 saturated carbocycles. The molecule has 0 N–H and O–H groups in total. The van der Waals surface area contributed by atoms with E-state index in [1.54, 1.807) is 13.8 Å². The van der Waals surface area contributed by atoms with E-state index in [4.69, 9.17) is 9.47 Å². The van der Waals surface area contributed by atoms with Gasteiger partial charge >= 0.3 is 11.9 Å². The number of aldehydes is 1. The lowest BCUT2D eigenvalue weighted by molar-refractivity contribution is -0.177. The molecule has 0 saturated heterocycles. The van der Waals surface area contributed by atoms with Gasteiger partial charge in [0.2, 0.25) is 0 Å². The lowest BCUT2D eigenvalue weighted by Gasteiger charge is -2.54. The molecule has 0 fully saturated rings. The van der Waals surface area contributed by atoms with E-state index in [0.717, 1.165) is 35.1 Å². The monoisotopic (exact) mass is 421 g/mol. The van der Waals surface area contributed by atoms with Gasteiger partial charge in [-0.25, -0.2) is 0 Å². The van der Waals surface area contributed by atoms with E-state index in [9.17, 15) is 14.4 Å². The third-order valence-corrected chi connectivity index (χ3v) is 6.44. The number of hydrogen-bond donors (Lipinski definition) is 0. The lowest BCUT2D eigenvalue weighted by Crippen LogP contribution is -2.60. The molecule has 31 heavy (non-hydrogen) atoms. The summed E-state index contributed by atoms with van der Waals surface area (Å²) in [5.74, 6) is -1.96. The minimum Gasteiger partial charge on any atom is -0.465 e. The van der Waals surface area contributed by atoms with Crippen LogP contribution in [0.4, 0.5) is 5.69 Å². The standard InChI is InChI=1S/C25H27NO5/c1-3-30-23(28)25(24(29)31-4-2)20(14-16-27)19-11-7-8-12-21(19)26-15-13-17-9-5-6-10-18(17)22(25)26/h5-12,16,20,22H,3-4,13-15H2,1-2H3/t20-,22?/m0/s1. The molecule has 1 unspecified atom stereocenters. The third-order valence-electron chi connectivity index (χ3n) is 6.44. The number of benzene rings is 2. The molecule has 6 heteroatoms. The van der Waals surface area contributed by atoms with Gasteiger partial charge in [0, 0.05) is 24.6 Å². The van der Waals surface area contributed by atoms with Crippen molar-refractivity contribution in [3.8, 4) is 0 Å². The Morgan fingerprint density at radius 2 is 1.61 bits per heavy atom. The van der Waals surface area contributed by atoms with Gasteiger partial charge in [-0.2, -0.15) is 0 Å². The third kappa shape index (κ3) is 3.12. The van der Waals surface area contributed by atoms with Gasteiger partial charge in [-0.3, -0.25) is 9.59 Å². The van der Waals surface area contributed by atoms with E-state index in [2.05, 4.69) is 4.90 Å². The van der Waals surface area contributed by atoms with Crippen molar-refractivity contribution >= 4 is 23.9 Å². The minimum absolute atomic E-state index is 0.0150. The fraction of sp³-hybridized carbons (Fsp3) is 0.400. The normalized spacial score (nSPS) is 20.6. The molecule has 2 aliphatic rings. The van der Waals surface area contributed by atoms with Crippen LogP contribution in [-0.2, 0) is 30.3 Å². The van der Waals surface area contributed by atoms with Crippen LogP contribution in [-0.4, -0.2) is 38.0 Å². The van der Waals surface area contributed by atoms with Crippen molar-refractivity contribution < 1.29 is 23.9 Å². The zero-order chi connectivity index (χ0) is 22.0. The van der Waals surface area contributed by atoms with Crippen molar-refractivity contribution in [2.24, 2.45) is 5.41 Å². The molecule has 0 spiro atoms. The van der Waals surface area contributed by atoms with Crippen LogP contribution in [0.3, 0.4) is 0 Å². The zero-order valence-corrected chi connectivity index (χ0v) is 17.9. The number of rotatable bonds is 6. The Kier molecular flexibility index (Phi) is 5.81. The average Bonchev–Trinajstić information content (AvgIpc) is 2.79. The molecule has 162 valence electrons. The van der Waals surface area contributed by atoms with Crippen molar-refractivity contribution in [3.63, 3.8) is 0 Å². The highest BCUT2D eigenvalue weighted by Gasteiger charge is 2.65. The SMILES string of the molecule is CCOC(=O)C1(C(=O)OCC)C2c3ccccc3CCN2c2ccccc2[C@@H]1CC=O. The number of carbonyl (C=O) groups excluding carboxylic acids is 3. The molecule has 6 nitrogen and oxygen atoms in total. The number of anilines is 1. The maximum absolute atomic E-state index is 13.7. The van der Waals surface area contributed by atoms with E-state index < -0.39 is 29.3 Å². The second kappa shape index (κ2) is 8.53. The summed E-state index contributed by atoms with van der Waals surface area (Å²) in [6.45, 7) is 4.34. The van der Waals surface area contributed by atoms with Crippen molar-refractivity contribution in [1.29, 1.82) is 0 Å². The molecule has 0 bridgehead atoms. The molecular weight excluding hydrogens is 394 g/mol. The quantitative estimate of drug-likeness (QED) is 0.403. The van der Waals surface area contributed by atoms with Gasteiger partial charge in [0.1, 0.15) is 6.29 Å². The molecule has 2 atom stereocenters. The van der Waals surface area contributed by atoms with Crippen LogP contribution < -0.4 is 4.90 Å². The van der Waals surface area contributed by atoms with Gasteiger partial charge in [0.15, 0.2) is 5.41 Å². The number of nitrogens with zero attached hydrogens (tertiary/aromatic N) is 1. The molecule has 2 heterocycles. The van der Waals surface area contributed by atoms with E-state index in [1.165, 1.54) is 0 Å². The minimum atomic E-state index is -1.68. The van der Waals surface area contributed by atoms with Crippen LogP contribution in [0.15, 0.2) is 48.5 Å². The van der Waals surface area contributed by atoms with Crippen molar-refractivity contribution in [3.05, 3.63) is 65.2 Å². The molecule has 2 aromatic rings. The Morgan fingerprint density at radius 3 is 2.26 bits per heavy atom. The maximum Gasteiger partial charge on any atom is 0.326 e. The Labute approximate surface area is 182 Å².